The minimum absolute atomic E-state index is 0.0506. The predicted molar refractivity (Wildman–Crippen MR) is 126 cm³/mol. The molecule has 2 aromatic rings. The number of sulfonamides is 1. The highest BCUT2D eigenvalue weighted by Gasteiger charge is 2.70. The Balaban J connectivity index is 1.90. The van der Waals surface area contributed by atoms with Crippen LogP contribution in [-0.4, -0.2) is 26.5 Å². The van der Waals surface area contributed by atoms with Crippen molar-refractivity contribution in [2.75, 3.05) is 4.31 Å². The van der Waals surface area contributed by atoms with E-state index in [1.54, 1.807) is 43.3 Å². The lowest BCUT2D eigenvalue weighted by Gasteiger charge is -2.42. The minimum Gasteiger partial charge on any atom is -0.456 e. The van der Waals surface area contributed by atoms with Gasteiger partial charge in [-0.3, -0.25) is 4.31 Å². The highest BCUT2D eigenvalue weighted by atomic mass is 32.2. The van der Waals surface area contributed by atoms with Gasteiger partial charge in [0.1, 0.15) is 6.10 Å². The molecule has 4 rings (SSSR count). The van der Waals surface area contributed by atoms with E-state index in [2.05, 4.69) is 20.8 Å². The second-order valence-electron chi connectivity index (χ2n) is 9.58. The molecule has 0 saturated heterocycles. The van der Waals surface area contributed by atoms with Gasteiger partial charge in [0.05, 0.1) is 16.6 Å². The van der Waals surface area contributed by atoms with Gasteiger partial charge in [-0.1, -0.05) is 63.2 Å². The Morgan fingerprint density at radius 1 is 1.03 bits per heavy atom. The van der Waals surface area contributed by atoms with Gasteiger partial charge >= 0.3 is 5.97 Å². The first-order chi connectivity index (χ1) is 15.1. The van der Waals surface area contributed by atoms with E-state index in [0.717, 1.165) is 12.8 Å². The van der Waals surface area contributed by atoms with Crippen LogP contribution in [-0.2, 0) is 19.6 Å². The first kappa shape index (κ1) is 22.6. The summed E-state index contributed by atoms with van der Waals surface area (Å²) in [4.78, 5) is 12.8. The summed E-state index contributed by atoms with van der Waals surface area (Å²) in [6.07, 6.45) is 4.27. The lowest BCUT2D eigenvalue weighted by atomic mass is 9.70. The molecule has 2 aliphatic carbocycles. The summed E-state index contributed by atoms with van der Waals surface area (Å²) in [6, 6.07) is 17.2. The summed E-state index contributed by atoms with van der Waals surface area (Å²) in [6.45, 7) is 8.26. The number of allylic oxidation sites excluding steroid dienone is 1. The van der Waals surface area contributed by atoms with E-state index >= 15 is 0 Å². The second kappa shape index (κ2) is 8.07. The van der Waals surface area contributed by atoms with Crippen molar-refractivity contribution in [3.05, 3.63) is 72.8 Å². The molecule has 5 nitrogen and oxygen atoms in total. The average Bonchev–Trinajstić information content (AvgIpc) is 3.09. The molecule has 2 aromatic carbocycles. The van der Waals surface area contributed by atoms with Crippen molar-refractivity contribution in [1.29, 1.82) is 0 Å². The number of anilines is 1. The van der Waals surface area contributed by atoms with Crippen LogP contribution < -0.4 is 4.31 Å². The van der Waals surface area contributed by atoms with Crippen LogP contribution >= 0.6 is 0 Å². The van der Waals surface area contributed by atoms with Crippen LogP contribution in [0.4, 0.5) is 5.69 Å². The molecular formula is C26H31NO4S. The number of benzene rings is 2. The largest absolute Gasteiger partial charge is 0.456 e. The summed E-state index contributed by atoms with van der Waals surface area (Å²) >= 11 is 0. The number of carbonyl (C=O) groups is 1. The van der Waals surface area contributed by atoms with Gasteiger partial charge in [-0.05, 0) is 55.4 Å². The Bertz CT molecular complexity index is 1110. The van der Waals surface area contributed by atoms with Crippen LogP contribution in [0.2, 0.25) is 0 Å². The molecule has 0 aliphatic heterocycles. The number of fused-ring (bicyclic) bond motifs is 2. The van der Waals surface area contributed by atoms with Crippen LogP contribution in [0, 0.1) is 16.7 Å². The fraction of sp³-hybridized carbons (Fsp3) is 0.423. The minimum atomic E-state index is -3.89. The van der Waals surface area contributed by atoms with Crippen molar-refractivity contribution in [3.8, 4) is 0 Å². The number of nitrogens with zero attached hydrogens (tertiary/aromatic N) is 1. The Morgan fingerprint density at radius 3 is 2.22 bits per heavy atom. The number of esters is 1. The van der Waals surface area contributed by atoms with E-state index in [0.29, 0.717) is 5.69 Å². The van der Waals surface area contributed by atoms with Crippen molar-refractivity contribution in [2.24, 2.45) is 16.7 Å². The number of ether oxygens (including phenoxy) is 1. The summed E-state index contributed by atoms with van der Waals surface area (Å²) < 4.78 is 35.6. The zero-order valence-electron chi connectivity index (χ0n) is 19.1. The van der Waals surface area contributed by atoms with E-state index in [1.807, 2.05) is 30.3 Å². The SMILES string of the molecule is C/C=C/C(=O)O[C@@H]1[C@H](N(c2ccccc2)S(=O)(=O)c2ccccc2)[C@H]2CC[C@]1(C)C2(C)C. The second-order valence-corrected chi connectivity index (χ2v) is 11.4. The highest BCUT2D eigenvalue weighted by Crippen LogP contribution is 2.67. The Hall–Kier alpha value is -2.60. The third-order valence-electron chi connectivity index (χ3n) is 7.85. The normalized spacial score (nSPS) is 28.7. The first-order valence-electron chi connectivity index (χ1n) is 11.1. The molecule has 0 radical (unpaired) electrons. The van der Waals surface area contributed by atoms with E-state index in [1.165, 1.54) is 10.4 Å². The molecule has 32 heavy (non-hydrogen) atoms. The Kier molecular flexibility index (Phi) is 5.70. The standard InChI is InChI=1S/C26H31NO4S/c1-5-12-22(28)31-24-23(21-17-18-26(24,4)25(21,2)3)27(19-13-8-6-9-14-19)32(29,30)20-15-10-7-11-16-20/h5-16,21,23-24H,17-18H2,1-4H3/b12-5+/t21-,23-,24-,26+/m1/s1. The molecule has 0 N–H and O–H groups in total. The zero-order valence-corrected chi connectivity index (χ0v) is 19.9. The summed E-state index contributed by atoms with van der Waals surface area (Å²) in [5, 5.41) is 0. The lowest BCUT2D eigenvalue weighted by Crippen LogP contribution is -2.53. The van der Waals surface area contributed by atoms with Crippen molar-refractivity contribution < 1.29 is 17.9 Å². The van der Waals surface area contributed by atoms with Crippen LogP contribution in [0.5, 0.6) is 0 Å². The molecule has 6 heteroatoms. The van der Waals surface area contributed by atoms with Gasteiger partial charge in [0.25, 0.3) is 10.0 Å². The fourth-order valence-corrected chi connectivity index (χ4v) is 7.50. The topological polar surface area (TPSA) is 63.7 Å². The van der Waals surface area contributed by atoms with Crippen LogP contribution in [0.25, 0.3) is 0 Å². The van der Waals surface area contributed by atoms with Gasteiger partial charge in [0.15, 0.2) is 0 Å². The summed E-state index contributed by atoms with van der Waals surface area (Å²) in [5.74, 6) is -0.383. The van der Waals surface area contributed by atoms with Crippen molar-refractivity contribution in [1.82, 2.24) is 0 Å². The number of rotatable bonds is 6. The van der Waals surface area contributed by atoms with Crippen molar-refractivity contribution in [2.45, 2.75) is 57.6 Å². The fourth-order valence-electron chi connectivity index (χ4n) is 5.80. The van der Waals surface area contributed by atoms with Gasteiger partial charge in [-0.15, -0.1) is 0 Å². The number of para-hydroxylation sites is 1. The molecule has 2 fully saturated rings. The van der Waals surface area contributed by atoms with Crippen LogP contribution in [0.3, 0.4) is 0 Å². The maximum Gasteiger partial charge on any atom is 0.330 e. The number of hydrogen-bond donors (Lipinski definition) is 0. The Morgan fingerprint density at radius 2 is 1.62 bits per heavy atom. The molecule has 2 aliphatic rings. The molecular weight excluding hydrogens is 422 g/mol. The van der Waals surface area contributed by atoms with Crippen molar-refractivity contribution >= 4 is 21.7 Å². The summed E-state index contributed by atoms with van der Waals surface area (Å²) in [5.41, 5.74) is 0.0525. The van der Waals surface area contributed by atoms with Gasteiger partial charge in [0.2, 0.25) is 0 Å². The predicted octanol–water partition coefficient (Wildman–Crippen LogP) is 5.19. The smallest absolute Gasteiger partial charge is 0.330 e. The van der Waals surface area contributed by atoms with E-state index in [9.17, 15) is 13.2 Å². The number of carbonyl (C=O) groups excluding carboxylic acids is 1. The molecule has 4 atom stereocenters. The molecule has 170 valence electrons. The van der Waals surface area contributed by atoms with Crippen molar-refractivity contribution in [3.63, 3.8) is 0 Å². The molecule has 0 unspecified atom stereocenters. The third-order valence-corrected chi connectivity index (χ3v) is 9.69. The summed E-state index contributed by atoms with van der Waals surface area (Å²) in [7, 11) is -3.89. The molecule has 2 saturated carbocycles. The molecule has 0 aromatic heterocycles. The van der Waals surface area contributed by atoms with Gasteiger partial charge in [-0.25, -0.2) is 13.2 Å². The van der Waals surface area contributed by atoms with Gasteiger partial charge < -0.3 is 4.74 Å². The van der Waals surface area contributed by atoms with E-state index < -0.39 is 28.1 Å². The van der Waals surface area contributed by atoms with Gasteiger partial charge in [0, 0.05) is 11.5 Å². The number of hydrogen-bond acceptors (Lipinski definition) is 4. The molecule has 0 amide bonds. The first-order valence-corrected chi connectivity index (χ1v) is 12.6. The average molecular weight is 454 g/mol. The van der Waals surface area contributed by atoms with E-state index in [-0.39, 0.29) is 21.6 Å². The Labute approximate surface area is 191 Å². The lowest BCUT2D eigenvalue weighted by molar-refractivity contribution is -0.151. The zero-order chi connectivity index (χ0) is 23.1. The monoisotopic (exact) mass is 453 g/mol. The molecule has 0 spiro atoms. The highest BCUT2D eigenvalue weighted by molar-refractivity contribution is 7.92. The van der Waals surface area contributed by atoms with E-state index in [4.69, 9.17) is 4.74 Å². The quantitative estimate of drug-likeness (QED) is 0.446. The van der Waals surface area contributed by atoms with Crippen LogP contribution in [0.1, 0.15) is 40.5 Å². The molecule has 0 heterocycles. The molecule has 2 bridgehead atoms. The maximum absolute atomic E-state index is 14.0. The maximum atomic E-state index is 14.0. The van der Waals surface area contributed by atoms with Gasteiger partial charge in [-0.2, -0.15) is 0 Å². The third kappa shape index (κ3) is 3.36. The van der Waals surface area contributed by atoms with Crippen LogP contribution in [0.15, 0.2) is 77.7 Å².